The zero-order valence-electron chi connectivity index (χ0n) is 46.3. The minimum absolute atomic E-state index is 0.0255. The van der Waals surface area contributed by atoms with Crippen LogP contribution in [-0.4, -0.2) is 92.7 Å². The number of hydrogen-bond acceptors (Lipinski definition) is 12. The van der Waals surface area contributed by atoms with Gasteiger partial charge in [0.2, 0.25) is 6.10 Å². The first-order valence-electron chi connectivity index (χ1n) is 29.4. The highest BCUT2D eigenvalue weighted by Gasteiger charge is 2.27. The van der Waals surface area contributed by atoms with Gasteiger partial charge >= 0.3 is 30.0 Å². The predicted molar refractivity (Wildman–Crippen MR) is 284 cm³/mol. The Morgan fingerprint density at radius 1 is 0.343 bits per heavy atom. The zero-order valence-corrected chi connectivity index (χ0v) is 46.3. The fraction of sp³-hybridized carbons (Fsp3) is 0.914. The molecule has 0 aliphatic rings. The normalized spacial score (nSPS) is 12.6. The van der Waals surface area contributed by atoms with Gasteiger partial charge in [0.05, 0.1) is 13.2 Å². The molecule has 0 radical (unpaired) electrons. The van der Waals surface area contributed by atoms with Crippen molar-refractivity contribution in [2.75, 3.05) is 39.5 Å². The smallest absolute Gasteiger partial charge is 0.466 e. The Bertz CT molecular complexity index is 1230. The van der Waals surface area contributed by atoms with Crippen molar-refractivity contribution < 1.29 is 52.4 Å². The first-order chi connectivity index (χ1) is 34.1. The van der Waals surface area contributed by atoms with Gasteiger partial charge in [0.15, 0.2) is 0 Å². The van der Waals surface area contributed by atoms with Crippen LogP contribution in [0.15, 0.2) is 0 Å². The topological polar surface area (TPSA) is 144 Å². The van der Waals surface area contributed by atoms with Crippen LogP contribution in [-0.2, 0) is 47.6 Å². The van der Waals surface area contributed by atoms with Crippen LogP contribution in [0, 0.1) is 0 Å². The highest BCUT2D eigenvalue weighted by atomic mass is 16.7. The average molecular weight is 997 g/mol. The fourth-order valence-electron chi connectivity index (χ4n) is 8.67. The van der Waals surface area contributed by atoms with Gasteiger partial charge in [0.1, 0.15) is 18.8 Å². The van der Waals surface area contributed by atoms with Crippen molar-refractivity contribution in [3.63, 3.8) is 0 Å². The van der Waals surface area contributed by atoms with Gasteiger partial charge in [-0.1, -0.05) is 183 Å². The van der Waals surface area contributed by atoms with Crippen LogP contribution in [0.3, 0.4) is 0 Å². The molecule has 0 aromatic carbocycles. The van der Waals surface area contributed by atoms with Crippen LogP contribution < -0.4 is 0 Å². The van der Waals surface area contributed by atoms with Gasteiger partial charge in [-0.15, -0.1) is 0 Å². The van der Waals surface area contributed by atoms with Gasteiger partial charge in [-0.3, -0.25) is 14.4 Å². The summed E-state index contributed by atoms with van der Waals surface area (Å²) in [5, 5.41) is 0. The van der Waals surface area contributed by atoms with Gasteiger partial charge in [-0.2, -0.15) is 0 Å². The molecule has 12 nitrogen and oxygen atoms in total. The molecule has 0 aliphatic heterocycles. The van der Waals surface area contributed by atoms with Gasteiger partial charge < -0.3 is 33.3 Å². The van der Waals surface area contributed by atoms with E-state index in [1.165, 1.54) is 103 Å². The lowest BCUT2D eigenvalue weighted by Gasteiger charge is -2.19. The average Bonchev–Trinajstić information content (AvgIpc) is 3.35. The summed E-state index contributed by atoms with van der Waals surface area (Å²) in [5.74, 6) is -1.38. The van der Waals surface area contributed by atoms with Gasteiger partial charge in [-0.05, 0) is 90.1 Å². The maximum atomic E-state index is 13.1. The van der Waals surface area contributed by atoms with Crippen LogP contribution in [0.2, 0.25) is 0 Å². The molecule has 0 amide bonds. The standard InChI is InChI=1S/C58H109NO11/c1-7-13-17-21-25-33-41-51(39-31-19-15-9-3)68-55(61)43-35-27-23-29-37-48-65-54(60)46-45-53(70-58(64)67-50-47-59(11-5)12-6)57(63)66-49-38-30-24-28-36-44-56(62)69-52(40-32-20-16-10-4)42-34-26-22-18-14-8-2/h51-53H,7-50H2,1-6H3. The van der Waals surface area contributed by atoms with E-state index in [1.54, 1.807) is 0 Å². The number of rotatable bonds is 52. The van der Waals surface area contributed by atoms with E-state index in [0.29, 0.717) is 32.2 Å². The summed E-state index contributed by atoms with van der Waals surface area (Å²) in [6.45, 7) is 15.6. The monoisotopic (exact) mass is 996 g/mol. The quantitative estimate of drug-likeness (QED) is 0.0325. The Morgan fingerprint density at radius 3 is 1.14 bits per heavy atom. The third-order valence-electron chi connectivity index (χ3n) is 13.3. The largest absolute Gasteiger partial charge is 0.509 e. The van der Waals surface area contributed by atoms with E-state index < -0.39 is 24.2 Å². The van der Waals surface area contributed by atoms with Gasteiger partial charge in [0.25, 0.3) is 0 Å². The number of carbonyl (C=O) groups is 5. The molecule has 0 N–H and O–H groups in total. The number of esters is 4. The molecule has 0 saturated heterocycles. The molecule has 0 saturated carbocycles. The lowest BCUT2D eigenvalue weighted by Crippen LogP contribution is -2.32. The summed E-state index contributed by atoms with van der Waals surface area (Å²) in [4.78, 5) is 65.9. The van der Waals surface area contributed by atoms with E-state index >= 15 is 0 Å². The second-order valence-electron chi connectivity index (χ2n) is 19.7. The number of unbranched alkanes of at least 4 members (excludes halogenated alkanes) is 24. The number of ether oxygens (including phenoxy) is 6. The molecule has 0 aromatic heterocycles. The lowest BCUT2D eigenvalue weighted by atomic mass is 10.0. The van der Waals surface area contributed by atoms with Gasteiger partial charge in [0, 0.05) is 32.2 Å². The second kappa shape index (κ2) is 51.0. The third kappa shape index (κ3) is 43.9. The van der Waals surface area contributed by atoms with Crippen molar-refractivity contribution in [2.45, 2.75) is 304 Å². The Balaban J connectivity index is 4.68. The SMILES string of the molecule is CCCCCCCCC(CCCCCC)OC(=O)CCCCCCCOC(=O)CCC(OC(=O)OCCN(CC)CC)C(=O)OCCCCCCCC(=O)OC(CCCCCC)CCCCCCCC. The van der Waals surface area contributed by atoms with Crippen LogP contribution in [0.1, 0.15) is 286 Å². The molecule has 3 unspecified atom stereocenters. The summed E-state index contributed by atoms with van der Waals surface area (Å²) >= 11 is 0. The minimum Gasteiger partial charge on any atom is -0.466 e. The molecular formula is C58H109NO11. The highest BCUT2D eigenvalue weighted by molar-refractivity contribution is 5.78. The Kier molecular flexibility index (Phi) is 48.9. The summed E-state index contributed by atoms with van der Waals surface area (Å²) in [6, 6.07) is 0. The predicted octanol–water partition coefficient (Wildman–Crippen LogP) is 15.7. The Labute approximate surface area is 429 Å². The van der Waals surface area contributed by atoms with Crippen molar-refractivity contribution in [1.82, 2.24) is 4.90 Å². The summed E-state index contributed by atoms with van der Waals surface area (Å²) in [5.41, 5.74) is 0. The highest BCUT2D eigenvalue weighted by Crippen LogP contribution is 2.20. The lowest BCUT2D eigenvalue weighted by molar-refractivity contribution is -0.157. The van der Waals surface area contributed by atoms with Crippen LogP contribution in [0.4, 0.5) is 4.79 Å². The van der Waals surface area contributed by atoms with Crippen molar-refractivity contribution in [3.8, 4) is 0 Å². The van der Waals surface area contributed by atoms with Crippen LogP contribution >= 0.6 is 0 Å². The fourth-order valence-corrected chi connectivity index (χ4v) is 8.67. The Hall–Kier alpha value is -2.89. The molecule has 0 fully saturated rings. The van der Waals surface area contributed by atoms with Crippen molar-refractivity contribution in [3.05, 3.63) is 0 Å². The first-order valence-corrected chi connectivity index (χ1v) is 29.4. The molecule has 0 spiro atoms. The molecule has 0 aliphatic carbocycles. The molecule has 3 atom stereocenters. The van der Waals surface area contributed by atoms with E-state index in [0.717, 1.165) is 116 Å². The number of likely N-dealkylation sites (N-methyl/N-ethyl adjacent to an activating group) is 1. The second-order valence-corrected chi connectivity index (χ2v) is 19.7. The number of nitrogens with zero attached hydrogens (tertiary/aromatic N) is 1. The molecule has 0 aromatic rings. The molecular weight excluding hydrogens is 887 g/mol. The molecule has 70 heavy (non-hydrogen) atoms. The van der Waals surface area contributed by atoms with Crippen molar-refractivity contribution >= 4 is 30.0 Å². The summed E-state index contributed by atoms with van der Waals surface area (Å²) in [7, 11) is 0. The molecule has 0 rings (SSSR count). The molecule has 0 bridgehead atoms. The molecule has 412 valence electrons. The van der Waals surface area contributed by atoms with E-state index in [1.807, 2.05) is 13.8 Å². The number of hydrogen-bond donors (Lipinski definition) is 0. The first kappa shape index (κ1) is 67.1. The van der Waals surface area contributed by atoms with E-state index in [4.69, 9.17) is 28.4 Å². The van der Waals surface area contributed by atoms with Crippen LogP contribution in [0.25, 0.3) is 0 Å². The van der Waals surface area contributed by atoms with Crippen molar-refractivity contribution in [1.29, 1.82) is 0 Å². The van der Waals surface area contributed by atoms with E-state index in [2.05, 4.69) is 32.6 Å². The van der Waals surface area contributed by atoms with Crippen LogP contribution in [0.5, 0.6) is 0 Å². The summed E-state index contributed by atoms with van der Waals surface area (Å²) < 4.78 is 33.5. The maximum Gasteiger partial charge on any atom is 0.509 e. The molecule has 0 heterocycles. The maximum absolute atomic E-state index is 13.1. The van der Waals surface area contributed by atoms with Crippen molar-refractivity contribution in [2.24, 2.45) is 0 Å². The van der Waals surface area contributed by atoms with E-state index in [-0.39, 0.29) is 56.8 Å². The number of carbonyl (C=O) groups excluding carboxylic acids is 5. The minimum atomic E-state index is -1.30. The van der Waals surface area contributed by atoms with E-state index in [9.17, 15) is 24.0 Å². The summed E-state index contributed by atoms with van der Waals surface area (Å²) in [6.07, 6.45) is 34.7. The Morgan fingerprint density at radius 2 is 0.714 bits per heavy atom. The van der Waals surface area contributed by atoms with Gasteiger partial charge in [-0.25, -0.2) is 9.59 Å². The third-order valence-corrected chi connectivity index (χ3v) is 13.3. The molecule has 12 heteroatoms. The zero-order chi connectivity index (χ0) is 51.6.